The Morgan fingerprint density at radius 3 is 2.36 bits per heavy atom. The van der Waals surface area contributed by atoms with E-state index in [9.17, 15) is 30.8 Å². The lowest BCUT2D eigenvalue weighted by molar-refractivity contribution is -0.0543. The van der Waals surface area contributed by atoms with E-state index in [0.29, 0.717) is 0 Å². The van der Waals surface area contributed by atoms with Crippen molar-refractivity contribution >= 4 is 39.4 Å². The minimum Gasteiger partial charge on any atom is -0.435 e. The molecule has 0 fully saturated rings. The first-order valence-electron chi connectivity index (χ1n) is 9.79. The Morgan fingerprint density at radius 2 is 1.67 bits per heavy atom. The molecule has 0 unspecified atom stereocenters. The minimum atomic E-state index is -4.09. The maximum Gasteiger partial charge on any atom is 0.387 e. The Bertz CT molecular complexity index is 1370. The maximum atomic E-state index is 12.7. The molecule has 0 heterocycles. The molecule has 0 spiro atoms. The molecule has 8 nitrogen and oxygen atoms in total. The Morgan fingerprint density at radius 1 is 0.944 bits per heavy atom. The molecule has 0 aliphatic rings. The van der Waals surface area contributed by atoms with Gasteiger partial charge in [-0.05, 0) is 42.5 Å². The zero-order valence-electron chi connectivity index (χ0n) is 17.9. The predicted molar refractivity (Wildman–Crippen MR) is 123 cm³/mol. The second-order valence-corrected chi connectivity index (χ2v) is 8.86. The monoisotopic (exact) mass is 545 g/mol. The summed E-state index contributed by atoms with van der Waals surface area (Å²) in [6.45, 7) is -6.44. The van der Waals surface area contributed by atoms with Crippen molar-refractivity contribution in [2.45, 2.75) is 18.1 Å². The lowest BCUT2D eigenvalue weighted by Crippen LogP contribution is -2.19. The van der Waals surface area contributed by atoms with Crippen LogP contribution in [0.15, 0.2) is 76.7 Å². The van der Waals surface area contributed by atoms with E-state index in [-0.39, 0.29) is 26.7 Å². The van der Waals surface area contributed by atoms with Crippen molar-refractivity contribution in [1.29, 1.82) is 0 Å². The number of nitrogens with one attached hydrogen (secondary N) is 2. The van der Waals surface area contributed by atoms with Crippen LogP contribution in [-0.4, -0.2) is 33.8 Å². The number of benzene rings is 3. The largest absolute Gasteiger partial charge is 0.435 e. The predicted octanol–water partition coefficient (Wildman–Crippen LogP) is 5.11. The molecule has 190 valence electrons. The van der Waals surface area contributed by atoms with Crippen LogP contribution in [0, 0.1) is 0 Å². The number of hydrazone groups is 1. The van der Waals surface area contributed by atoms with E-state index >= 15 is 0 Å². The second-order valence-electron chi connectivity index (χ2n) is 6.77. The SMILES string of the molecule is O=C(N/N=C/c1ccc(OC(F)F)cc1OC(F)F)c1cccc(S(=O)(=O)Nc2ccccc2Cl)c1. The van der Waals surface area contributed by atoms with E-state index in [1.54, 1.807) is 12.1 Å². The van der Waals surface area contributed by atoms with E-state index in [0.717, 1.165) is 30.5 Å². The highest BCUT2D eigenvalue weighted by Crippen LogP contribution is 2.27. The number of carbonyl (C=O) groups excluding carboxylic acids is 1. The zero-order chi connectivity index (χ0) is 26.3. The first-order chi connectivity index (χ1) is 17.0. The van der Waals surface area contributed by atoms with Crippen molar-refractivity contribution in [3.63, 3.8) is 0 Å². The van der Waals surface area contributed by atoms with Crippen LogP contribution >= 0.6 is 11.6 Å². The van der Waals surface area contributed by atoms with Gasteiger partial charge in [0.15, 0.2) is 0 Å². The van der Waals surface area contributed by atoms with Crippen molar-refractivity contribution in [3.8, 4) is 11.5 Å². The van der Waals surface area contributed by atoms with Gasteiger partial charge in [0.05, 0.1) is 21.8 Å². The number of para-hydroxylation sites is 1. The lowest BCUT2D eigenvalue weighted by Gasteiger charge is -2.11. The summed E-state index contributed by atoms with van der Waals surface area (Å²) in [4.78, 5) is 12.2. The molecular formula is C22H16ClF4N3O5S. The third-order valence-corrected chi connectivity index (χ3v) is 6.01. The van der Waals surface area contributed by atoms with Gasteiger partial charge in [0.2, 0.25) is 0 Å². The maximum absolute atomic E-state index is 12.7. The molecular weight excluding hydrogens is 530 g/mol. The Hall–Kier alpha value is -3.84. The number of rotatable bonds is 10. The van der Waals surface area contributed by atoms with Crippen LogP contribution in [0.5, 0.6) is 11.5 Å². The van der Waals surface area contributed by atoms with E-state index in [1.807, 2.05) is 0 Å². The molecule has 0 aliphatic carbocycles. The topological polar surface area (TPSA) is 106 Å². The molecule has 0 saturated heterocycles. The summed E-state index contributed by atoms with van der Waals surface area (Å²) in [6.07, 6.45) is 0.932. The number of carbonyl (C=O) groups is 1. The van der Waals surface area contributed by atoms with Crippen molar-refractivity contribution in [1.82, 2.24) is 5.43 Å². The van der Waals surface area contributed by atoms with Crippen LogP contribution in [0.2, 0.25) is 5.02 Å². The van der Waals surface area contributed by atoms with E-state index in [1.165, 1.54) is 30.3 Å². The molecule has 14 heteroatoms. The fourth-order valence-corrected chi connectivity index (χ4v) is 4.14. The minimum absolute atomic E-state index is 0.0843. The highest BCUT2D eigenvalue weighted by molar-refractivity contribution is 7.92. The van der Waals surface area contributed by atoms with Crippen LogP contribution in [0.3, 0.4) is 0 Å². The molecule has 0 saturated carbocycles. The summed E-state index contributed by atoms with van der Waals surface area (Å²) in [5.74, 6) is -1.78. The second kappa shape index (κ2) is 11.7. The lowest BCUT2D eigenvalue weighted by atomic mass is 10.2. The first kappa shape index (κ1) is 26.8. The van der Waals surface area contributed by atoms with Crippen LogP contribution in [0.4, 0.5) is 23.2 Å². The Labute approximate surface area is 207 Å². The molecule has 0 atom stereocenters. The molecule has 36 heavy (non-hydrogen) atoms. The van der Waals surface area contributed by atoms with Crippen LogP contribution < -0.4 is 19.6 Å². The van der Waals surface area contributed by atoms with Gasteiger partial charge in [0, 0.05) is 17.2 Å². The molecule has 0 bridgehead atoms. The number of amides is 1. The van der Waals surface area contributed by atoms with Crippen molar-refractivity contribution in [2.75, 3.05) is 4.72 Å². The number of anilines is 1. The van der Waals surface area contributed by atoms with E-state index < -0.39 is 40.7 Å². The van der Waals surface area contributed by atoms with Gasteiger partial charge in [-0.2, -0.15) is 22.7 Å². The van der Waals surface area contributed by atoms with Gasteiger partial charge in [0.25, 0.3) is 15.9 Å². The average molecular weight is 546 g/mol. The fraction of sp³-hybridized carbons (Fsp3) is 0.0909. The molecule has 0 aromatic heterocycles. The number of sulfonamides is 1. The van der Waals surface area contributed by atoms with E-state index in [2.05, 4.69) is 24.7 Å². The Kier molecular flexibility index (Phi) is 8.72. The molecule has 3 aromatic carbocycles. The third-order valence-electron chi connectivity index (χ3n) is 4.32. The van der Waals surface area contributed by atoms with Crippen molar-refractivity contribution < 1.29 is 40.2 Å². The zero-order valence-corrected chi connectivity index (χ0v) is 19.4. The van der Waals surface area contributed by atoms with Crippen molar-refractivity contribution in [2.24, 2.45) is 5.10 Å². The summed E-state index contributed by atoms with van der Waals surface area (Å²) in [6, 6.07) is 14.2. The van der Waals surface area contributed by atoms with Crippen LogP contribution in [-0.2, 0) is 10.0 Å². The molecule has 0 radical (unpaired) electrons. The number of halogens is 5. The van der Waals surface area contributed by atoms with Gasteiger partial charge in [-0.3, -0.25) is 9.52 Å². The van der Waals surface area contributed by atoms with Gasteiger partial charge in [-0.1, -0.05) is 29.8 Å². The van der Waals surface area contributed by atoms with Gasteiger partial charge in [-0.25, -0.2) is 13.8 Å². The normalized spacial score (nSPS) is 11.6. The number of alkyl halides is 4. The summed E-state index contributed by atoms with van der Waals surface area (Å²) >= 11 is 5.98. The molecule has 0 aliphatic heterocycles. The Balaban J connectivity index is 1.75. The van der Waals surface area contributed by atoms with Gasteiger partial charge >= 0.3 is 13.2 Å². The van der Waals surface area contributed by atoms with Crippen LogP contribution in [0.25, 0.3) is 0 Å². The number of nitrogens with zero attached hydrogens (tertiary/aromatic N) is 1. The number of hydrogen-bond acceptors (Lipinski definition) is 6. The number of hydrogen-bond donors (Lipinski definition) is 2. The molecule has 1 amide bonds. The first-order valence-corrected chi connectivity index (χ1v) is 11.7. The quantitative estimate of drug-likeness (QED) is 0.209. The fourth-order valence-electron chi connectivity index (χ4n) is 2.77. The smallest absolute Gasteiger partial charge is 0.387 e. The highest BCUT2D eigenvalue weighted by Gasteiger charge is 2.18. The highest BCUT2D eigenvalue weighted by atomic mass is 35.5. The molecule has 3 aromatic rings. The standard InChI is InChI=1S/C22H16ClF4N3O5S/c23-17-6-1-2-7-18(17)30-36(32,33)16-5-3-4-13(10-16)20(31)29-28-12-14-8-9-15(34-21(24)25)11-19(14)35-22(26)27/h1-12,21-22,30H,(H,29,31)/b28-12+. The van der Waals surface area contributed by atoms with Gasteiger partial charge < -0.3 is 9.47 Å². The third kappa shape index (κ3) is 7.33. The molecule has 3 rings (SSSR count). The van der Waals surface area contributed by atoms with Gasteiger partial charge in [-0.15, -0.1) is 0 Å². The molecule has 2 N–H and O–H groups in total. The number of ether oxygens (including phenoxy) is 2. The van der Waals surface area contributed by atoms with Crippen LogP contribution in [0.1, 0.15) is 15.9 Å². The average Bonchev–Trinajstić information content (AvgIpc) is 2.81. The van der Waals surface area contributed by atoms with Gasteiger partial charge in [0.1, 0.15) is 11.5 Å². The summed E-state index contributed by atoms with van der Waals surface area (Å²) in [7, 11) is -4.09. The summed E-state index contributed by atoms with van der Waals surface area (Å²) in [5.41, 5.74) is 2.09. The summed E-state index contributed by atoms with van der Waals surface area (Å²) in [5, 5.41) is 3.80. The summed E-state index contributed by atoms with van der Waals surface area (Å²) < 4.78 is 86.2. The van der Waals surface area contributed by atoms with E-state index in [4.69, 9.17) is 11.6 Å². The van der Waals surface area contributed by atoms with Crippen molar-refractivity contribution in [3.05, 3.63) is 82.9 Å².